The minimum absolute atomic E-state index is 0.0532. The average Bonchev–Trinajstić information content (AvgIpc) is 2.51. The van der Waals surface area contributed by atoms with Gasteiger partial charge in [0.1, 0.15) is 12.4 Å². The maximum Gasteiger partial charge on any atom is 0.416 e. The van der Waals surface area contributed by atoms with E-state index in [2.05, 4.69) is 5.32 Å². The number of carbonyl (C=O) groups is 2. The molecule has 0 saturated carbocycles. The van der Waals surface area contributed by atoms with Crippen LogP contribution in [0.4, 0.5) is 28.9 Å². The second-order valence-corrected chi connectivity index (χ2v) is 5.21. The van der Waals surface area contributed by atoms with E-state index in [4.69, 9.17) is 0 Å². The molecule has 1 N–H and O–H groups in total. The predicted octanol–water partition coefficient (Wildman–Crippen LogP) is 3.84. The Morgan fingerprint density at radius 1 is 1.08 bits per heavy atom. The SMILES string of the molecule is CC(=O)N(CC(=O)Nc1cccc(C(F)(F)F)c1)c1cccc(F)c1. The fourth-order valence-electron chi connectivity index (χ4n) is 2.15. The number of halogens is 4. The molecule has 0 aliphatic carbocycles. The van der Waals surface area contributed by atoms with Crippen LogP contribution in [0.25, 0.3) is 0 Å². The zero-order chi connectivity index (χ0) is 18.6. The molecular weight excluding hydrogens is 340 g/mol. The van der Waals surface area contributed by atoms with Crippen molar-refractivity contribution in [1.82, 2.24) is 0 Å². The molecule has 0 aliphatic rings. The molecular formula is C17H14F4N2O2. The summed E-state index contributed by atoms with van der Waals surface area (Å²) in [5.41, 5.74) is -0.784. The van der Waals surface area contributed by atoms with Gasteiger partial charge < -0.3 is 10.2 Å². The number of benzene rings is 2. The van der Waals surface area contributed by atoms with Crippen molar-refractivity contribution in [2.45, 2.75) is 13.1 Å². The number of alkyl halides is 3. The first-order chi connectivity index (χ1) is 11.7. The fourth-order valence-corrected chi connectivity index (χ4v) is 2.15. The Morgan fingerprint density at radius 2 is 1.76 bits per heavy atom. The largest absolute Gasteiger partial charge is 0.416 e. The Hall–Kier alpha value is -2.90. The monoisotopic (exact) mass is 354 g/mol. The van der Waals surface area contributed by atoms with Gasteiger partial charge in [0, 0.05) is 18.3 Å². The highest BCUT2D eigenvalue weighted by Gasteiger charge is 2.30. The second kappa shape index (κ2) is 7.33. The lowest BCUT2D eigenvalue weighted by atomic mass is 10.2. The van der Waals surface area contributed by atoms with E-state index < -0.39 is 35.9 Å². The number of nitrogens with one attached hydrogen (secondary N) is 1. The van der Waals surface area contributed by atoms with Gasteiger partial charge in [-0.15, -0.1) is 0 Å². The zero-order valence-corrected chi connectivity index (χ0v) is 13.1. The molecule has 0 saturated heterocycles. The molecule has 2 aromatic carbocycles. The van der Waals surface area contributed by atoms with Crippen LogP contribution in [-0.2, 0) is 15.8 Å². The molecule has 0 spiro atoms. The zero-order valence-electron chi connectivity index (χ0n) is 13.1. The summed E-state index contributed by atoms with van der Waals surface area (Å²) in [7, 11) is 0. The summed E-state index contributed by atoms with van der Waals surface area (Å²) in [6.45, 7) is 0.734. The minimum Gasteiger partial charge on any atom is -0.325 e. The molecule has 2 rings (SSSR count). The molecule has 0 aliphatic heterocycles. The van der Waals surface area contributed by atoms with Crippen LogP contribution in [0, 0.1) is 5.82 Å². The molecule has 0 unspecified atom stereocenters. The van der Waals surface area contributed by atoms with Crippen molar-refractivity contribution >= 4 is 23.2 Å². The maximum atomic E-state index is 13.3. The van der Waals surface area contributed by atoms with Crippen LogP contribution in [0.3, 0.4) is 0 Å². The van der Waals surface area contributed by atoms with Crippen LogP contribution in [0.2, 0.25) is 0 Å². The summed E-state index contributed by atoms with van der Waals surface area (Å²) in [6.07, 6.45) is -4.53. The summed E-state index contributed by atoms with van der Waals surface area (Å²) < 4.78 is 51.3. The Bertz CT molecular complexity index is 790. The lowest BCUT2D eigenvalue weighted by Crippen LogP contribution is -2.36. The number of nitrogens with zero attached hydrogens (tertiary/aromatic N) is 1. The van der Waals surface area contributed by atoms with Crippen molar-refractivity contribution < 1.29 is 27.2 Å². The minimum atomic E-state index is -4.53. The number of anilines is 2. The first-order valence-corrected chi connectivity index (χ1v) is 7.17. The van der Waals surface area contributed by atoms with E-state index in [-0.39, 0.29) is 11.4 Å². The van der Waals surface area contributed by atoms with Gasteiger partial charge in [0.05, 0.1) is 5.56 Å². The van der Waals surface area contributed by atoms with Gasteiger partial charge in [-0.1, -0.05) is 12.1 Å². The van der Waals surface area contributed by atoms with Crippen molar-refractivity contribution in [3.8, 4) is 0 Å². The van der Waals surface area contributed by atoms with E-state index in [9.17, 15) is 27.2 Å². The molecule has 0 bridgehead atoms. The predicted molar refractivity (Wildman–Crippen MR) is 84.5 cm³/mol. The highest BCUT2D eigenvalue weighted by Crippen LogP contribution is 2.30. The Balaban J connectivity index is 2.14. The molecule has 2 aromatic rings. The number of rotatable bonds is 4. The number of hydrogen-bond donors (Lipinski definition) is 1. The van der Waals surface area contributed by atoms with Gasteiger partial charge in [-0.05, 0) is 36.4 Å². The van der Waals surface area contributed by atoms with E-state index >= 15 is 0 Å². The number of hydrogen-bond acceptors (Lipinski definition) is 2. The lowest BCUT2D eigenvalue weighted by molar-refractivity contribution is -0.137. The van der Waals surface area contributed by atoms with Crippen LogP contribution in [0.15, 0.2) is 48.5 Å². The van der Waals surface area contributed by atoms with Crippen molar-refractivity contribution in [1.29, 1.82) is 0 Å². The van der Waals surface area contributed by atoms with Gasteiger partial charge in [0.15, 0.2) is 0 Å². The van der Waals surface area contributed by atoms with Crippen molar-refractivity contribution in [3.05, 3.63) is 59.9 Å². The van der Waals surface area contributed by atoms with Crippen molar-refractivity contribution in [3.63, 3.8) is 0 Å². The molecule has 0 aromatic heterocycles. The van der Waals surface area contributed by atoms with Crippen LogP contribution < -0.4 is 10.2 Å². The van der Waals surface area contributed by atoms with Crippen LogP contribution in [-0.4, -0.2) is 18.4 Å². The normalized spacial score (nSPS) is 11.1. The quantitative estimate of drug-likeness (QED) is 0.849. The summed E-state index contributed by atoms with van der Waals surface area (Å²) in [6, 6.07) is 9.22. The Labute approximate surface area is 141 Å². The van der Waals surface area contributed by atoms with Crippen LogP contribution >= 0.6 is 0 Å². The highest BCUT2D eigenvalue weighted by atomic mass is 19.4. The van der Waals surface area contributed by atoms with Crippen molar-refractivity contribution in [2.75, 3.05) is 16.8 Å². The summed E-state index contributed by atoms with van der Waals surface area (Å²) in [4.78, 5) is 24.8. The van der Waals surface area contributed by atoms with Crippen molar-refractivity contribution in [2.24, 2.45) is 0 Å². The third-order valence-electron chi connectivity index (χ3n) is 3.28. The first kappa shape index (κ1) is 18.4. The molecule has 25 heavy (non-hydrogen) atoms. The Kier molecular flexibility index (Phi) is 5.41. The topological polar surface area (TPSA) is 49.4 Å². The maximum absolute atomic E-state index is 13.3. The van der Waals surface area contributed by atoms with Crippen LogP contribution in [0.5, 0.6) is 0 Å². The molecule has 4 nitrogen and oxygen atoms in total. The summed E-state index contributed by atoms with van der Waals surface area (Å²) in [5, 5.41) is 2.30. The lowest BCUT2D eigenvalue weighted by Gasteiger charge is -2.21. The summed E-state index contributed by atoms with van der Waals surface area (Å²) >= 11 is 0. The van der Waals surface area contributed by atoms with E-state index in [1.165, 1.54) is 31.2 Å². The van der Waals surface area contributed by atoms with Gasteiger partial charge in [-0.2, -0.15) is 13.2 Å². The molecule has 0 fully saturated rings. The van der Waals surface area contributed by atoms with E-state index in [0.29, 0.717) is 0 Å². The second-order valence-electron chi connectivity index (χ2n) is 5.21. The van der Waals surface area contributed by atoms with Crippen LogP contribution in [0.1, 0.15) is 12.5 Å². The smallest absolute Gasteiger partial charge is 0.325 e. The standard InChI is InChI=1S/C17H14F4N2O2/c1-11(24)23(15-7-3-5-13(18)9-15)10-16(25)22-14-6-2-4-12(8-14)17(19,20)21/h2-9H,10H2,1H3,(H,22,25). The van der Waals surface area contributed by atoms with E-state index in [0.717, 1.165) is 29.2 Å². The first-order valence-electron chi connectivity index (χ1n) is 7.17. The molecule has 132 valence electrons. The number of carbonyl (C=O) groups excluding carboxylic acids is 2. The third kappa shape index (κ3) is 5.03. The van der Waals surface area contributed by atoms with Gasteiger partial charge in [0.2, 0.25) is 11.8 Å². The van der Waals surface area contributed by atoms with Gasteiger partial charge >= 0.3 is 6.18 Å². The van der Waals surface area contributed by atoms with E-state index in [1.54, 1.807) is 0 Å². The number of amides is 2. The van der Waals surface area contributed by atoms with E-state index in [1.807, 2.05) is 0 Å². The van der Waals surface area contributed by atoms with Gasteiger partial charge in [-0.3, -0.25) is 9.59 Å². The van der Waals surface area contributed by atoms with Gasteiger partial charge in [-0.25, -0.2) is 4.39 Å². The summed E-state index contributed by atoms with van der Waals surface area (Å²) in [5.74, 6) is -1.80. The average molecular weight is 354 g/mol. The molecule has 8 heteroatoms. The highest BCUT2D eigenvalue weighted by molar-refractivity contribution is 6.01. The molecule has 0 atom stereocenters. The molecule has 0 radical (unpaired) electrons. The van der Waals surface area contributed by atoms with Gasteiger partial charge in [0.25, 0.3) is 0 Å². The third-order valence-corrected chi connectivity index (χ3v) is 3.28. The Morgan fingerprint density at radius 3 is 2.36 bits per heavy atom. The molecule has 2 amide bonds. The molecule has 0 heterocycles. The fraction of sp³-hybridized carbons (Fsp3) is 0.176.